The van der Waals surface area contributed by atoms with Crippen molar-refractivity contribution in [2.45, 2.75) is 39.2 Å². The maximum Gasteiger partial charge on any atom is 0.0992 e. The number of rotatable bonds is 3. The van der Waals surface area contributed by atoms with E-state index in [9.17, 15) is 0 Å². The monoisotopic (exact) mass is 255 g/mol. The highest BCUT2D eigenvalue weighted by molar-refractivity contribution is 5.61. The van der Waals surface area contributed by atoms with E-state index in [0.717, 1.165) is 0 Å². The summed E-state index contributed by atoms with van der Waals surface area (Å²) in [6, 6.07) is 9.00. The summed E-state index contributed by atoms with van der Waals surface area (Å²) in [4.78, 5) is 4.14. The van der Waals surface area contributed by atoms with Gasteiger partial charge in [0.25, 0.3) is 0 Å². The lowest BCUT2D eigenvalue weighted by atomic mass is 9.87. The Kier molecular flexibility index (Phi) is 3.05. The van der Waals surface area contributed by atoms with Gasteiger partial charge in [-0.25, -0.2) is 4.98 Å². The first-order valence-corrected chi connectivity index (χ1v) is 7.01. The zero-order chi connectivity index (χ0) is 13.3. The van der Waals surface area contributed by atoms with E-state index in [0.29, 0.717) is 11.5 Å². The zero-order valence-corrected chi connectivity index (χ0v) is 11.6. The van der Waals surface area contributed by atoms with Crippen molar-refractivity contribution in [3.05, 3.63) is 43.0 Å². The number of para-hydroxylation sites is 2. The van der Waals surface area contributed by atoms with E-state index in [1.54, 1.807) is 0 Å². The molecule has 0 saturated heterocycles. The fraction of sp³-hybridized carbons (Fsp3) is 0.438. The summed E-state index contributed by atoms with van der Waals surface area (Å²) in [5.74, 6) is 0. The van der Waals surface area contributed by atoms with E-state index in [2.05, 4.69) is 53.0 Å². The predicted molar refractivity (Wildman–Crippen MR) is 78.6 cm³/mol. The van der Waals surface area contributed by atoms with Crippen molar-refractivity contribution in [3.63, 3.8) is 0 Å². The molecular weight excluding hydrogens is 234 g/mol. The fourth-order valence-electron chi connectivity index (χ4n) is 3.00. The normalized spacial score (nSPS) is 21.5. The molecule has 1 atom stereocenters. The Labute approximate surface area is 114 Å². The lowest BCUT2D eigenvalue weighted by Crippen LogP contribution is -2.31. The highest BCUT2D eigenvalue weighted by Gasteiger charge is 2.34. The zero-order valence-electron chi connectivity index (χ0n) is 11.6. The summed E-state index contributed by atoms with van der Waals surface area (Å²) in [6.45, 7) is 4.72. The summed E-state index contributed by atoms with van der Waals surface area (Å²) in [5, 5.41) is 3.74. The molecule has 3 heteroatoms. The van der Waals surface area contributed by atoms with Gasteiger partial charge in [-0.3, -0.25) is 0 Å². The highest BCUT2D eigenvalue weighted by atomic mass is 15.1. The maximum absolute atomic E-state index is 4.14. The average Bonchev–Trinajstić information content (AvgIpc) is 3.01. The van der Waals surface area contributed by atoms with Gasteiger partial charge in [0.2, 0.25) is 0 Å². The average molecular weight is 255 g/mol. The third-order valence-corrected chi connectivity index (χ3v) is 4.27. The van der Waals surface area contributed by atoms with Crippen molar-refractivity contribution >= 4 is 5.69 Å². The van der Waals surface area contributed by atoms with Gasteiger partial charge in [-0.1, -0.05) is 32.4 Å². The first-order valence-electron chi connectivity index (χ1n) is 7.01. The number of benzene rings is 1. The van der Waals surface area contributed by atoms with Gasteiger partial charge in [-0.2, -0.15) is 0 Å². The van der Waals surface area contributed by atoms with Crippen LogP contribution in [-0.2, 0) is 0 Å². The van der Waals surface area contributed by atoms with Crippen LogP contribution >= 0.6 is 0 Å². The first kappa shape index (κ1) is 12.3. The van der Waals surface area contributed by atoms with Crippen LogP contribution in [0.5, 0.6) is 0 Å². The van der Waals surface area contributed by atoms with E-state index in [4.69, 9.17) is 0 Å². The summed E-state index contributed by atoms with van der Waals surface area (Å²) in [6.07, 6.45) is 9.53. The van der Waals surface area contributed by atoms with Crippen molar-refractivity contribution in [2.75, 3.05) is 5.32 Å². The molecule has 3 rings (SSSR count). The minimum absolute atomic E-state index is 0.377. The topological polar surface area (TPSA) is 29.9 Å². The first-order chi connectivity index (χ1) is 9.17. The number of anilines is 1. The van der Waals surface area contributed by atoms with Crippen molar-refractivity contribution < 1.29 is 0 Å². The molecule has 0 spiro atoms. The number of nitrogens with one attached hydrogen (secondary N) is 1. The maximum atomic E-state index is 4.14. The number of imidazole rings is 1. The summed E-state index contributed by atoms with van der Waals surface area (Å²) >= 11 is 0. The molecule has 1 aliphatic rings. The van der Waals surface area contributed by atoms with Crippen LogP contribution in [0.15, 0.2) is 43.0 Å². The molecule has 100 valence electrons. The minimum Gasteiger partial charge on any atom is -0.380 e. The quantitative estimate of drug-likeness (QED) is 0.902. The molecule has 1 N–H and O–H groups in total. The fourth-order valence-corrected chi connectivity index (χ4v) is 3.00. The van der Waals surface area contributed by atoms with Crippen molar-refractivity contribution in [2.24, 2.45) is 5.41 Å². The van der Waals surface area contributed by atoms with Crippen LogP contribution in [0, 0.1) is 5.41 Å². The molecule has 0 amide bonds. The second-order valence-corrected chi connectivity index (χ2v) is 6.06. The Morgan fingerprint density at radius 1 is 1.32 bits per heavy atom. The molecule has 19 heavy (non-hydrogen) atoms. The van der Waals surface area contributed by atoms with Gasteiger partial charge in [0, 0.05) is 18.4 Å². The SMILES string of the molecule is CC1(C)CCCC1Nc1ccccc1-n1ccnc1. The number of nitrogens with zero attached hydrogens (tertiary/aromatic N) is 2. The molecule has 3 nitrogen and oxygen atoms in total. The molecule has 1 aromatic carbocycles. The largest absolute Gasteiger partial charge is 0.380 e. The molecule has 1 unspecified atom stereocenters. The second-order valence-electron chi connectivity index (χ2n) is 6.06. The van der Waals surface area contributed by atoms with Gasteiger partial charge >= 0.3 is 0 Å². The Balaban J connectivity index is 1.89. The Bertz CT molecular complexity index is 543. The van der Waals surface area contributed by atoms with Crippen LogP contribution in [-0.4, -0.2) is 15.6 Å². The van der Waals surface area contributed by atoms with Crippen LogP contribution in [0.25, 0.3) is 5.69 Å². The predicted octanol–water partition coefficient (Wildman–Crippen LogP) is 3.86. The standard InChI is InChI=1S/C16H21N3/c1-16(2)9-5-8-15(16)18-13-6-3-4-7-14(13)19-11-10-17-12-19/h3-4,6-7,10-12,15,18H,5,8-9H2,1-2H3. The van der Waals surface area contributed by atoms with E-state index in [1.165, 1.54) is 30.6 Å². The van der Waals surface area contributed by atoms with Crippen LogP contribution in [0.3, 0.4) is 0 Å². The van der Waals surface area contributed by atoms with E-state index in [1.807, 2.05) is 18.7 Å². The van der Waals surface area contributed by atoms with Crippen LogP contribution in [0.4, 0.5) is 5.69 Å². The molecule has 2 aromatic rings. The molecular formula is C16H21N3. The second kappa shape index (κ2) is 4.72. The third-order valence-electron chi connectivity index (χ3n) is 4.27. The van der Waals surface area contributed by atoms with Gasteiger partial charge in [0.15, 0.2) is 0 Å². The van der Waals surface area contributed by atoms with Crippen LogP contribution in [0.1, 0.15) is 33.1 Å². The van der Waals surface area contributed by atoms with E-state index >= 15 is 0 Å². The van der Waals surface area contributed by atoms with Gasteiger partial charge in [-0.05, 0) is 30.4 Å². The molecule has 0 aliphatic heterocycles. The van der Waals surface area contributed by atoms with Gasteiger partial charge < -0.3 is 9.88 Å². The Morgan fingerprint density at radius 3 is 2.84 bits per heavy atom. The molecule has 1 saturated carbocycles. The highest BCUT2D eigenvalue weighted by Crippen LogP contribution is 2.39. The summed E-state index contributed by atoms with van der Waals surface area (Å²) in [5.41, 5.74) is 2.74. The molecule has 0 radical (unpaired) electrons. The number of hydrogen-bond acceptors (Lipinski definition) is 2. The van der Waals surface area contributed by atoms with Gasteiger partial charge in [-0.15, -0.1) is 0 Å². The molecule has 0 bridgehead atoms. The molecule has 1 aliphatic carbocycles. The van der Waals surface area contributed by atoms with Crippen molar-refractivity contribution in [1.29, 1.82) is 0 Å². The van der Waals surface area contributed by atoms with E-state index < -0.39 is 0 Å². The molecule has 1 fully saturated rings. The van der Waals surface area contributed by atoms with Crippen LogP contribution in [0.2, 0.25) is 0 Å². The Hall–Kier alpha value is -1.77. The molecule has 1 heterocycles. The van der Waals surface area contributed by atoms with Gasteiger partial charge in [0.1, 0.15) is 0 Å². The van der Waals surface area contributed by atoms with Crippen molar-refractivity contribution in [1.82, 2.24) is 9.55 Å². The number of hydrogen-bond donors (Lipinski definition) is 1. The van der Waals surface area contributed by atoms with Gasteiger partial charge in [0.05, 0.1) is 17.7 Å². The lowest BCUT2D eigenvalue weighted by Gasteiger charge is -2.29. The minimum atomic E-state index is 0.377. The summed E-state index contributed by atoms with van der Waals surface area (Å²) < 4.78 is 2.06. The third kappa shape index (κ3) is 2.37. The lowest BCUT2D eigenvalue weighted by molar-refractivity contribution is 0.350. The number of aromatic nitrogens is 2. The summed E-state index contributed by atoms with van der Waals surface area (Å²) in [7, 11) is 0. The van der Waals surface area contributed by atoms with Crippen LogP contribution < -0.4 is 5.32 Å². The molecule has 1 aromatic heterocycles. The van der Waals surface area contributed by atoms with E-state index in [-0.39, 0.29) is 0 Å². The van der Waals surface area contributed by atoms with Crippen molar-refractivity contribution in [3.8, 4) is 5.69 Å². The Morgan fingerprint density at radius 2 is 2.16 bits per heavy atom. The smallest absolute Gasteiger partial charge is 0.0992 e.